The van der Waals surface area contributed by atoms with Gasteiger partial charge in [0.05, 0.1) is 0 Å². The van der Waals surface area contributed by atoms with Crippen molar-refractivity contribution in [1.82, 2.24) is 0 Å². The third-order valence-electron chi connectivity index (χ3n) is 3.43. The highest BCUT2D eigenvalue weighted by Gasteiger charge is 2.08. The van der Waals surface area contributed by atoms with E-state index in [4.69, 9.17) is 10.5 Å². The van der Waals surface area contributed by atoms with Crippen molar-refractivity contribution in [3.05, 3.63) is 59.2 Å². The van der Waals surface area contributed by atoms with Crippen molar-refractivity contribution in [1.29, 1.82) is 0 Å². The van der Waals surface area contributed by atoms with Crippen LogP contribution in [0.25, 0.3) is 0 Å². The van der Waals surface area contributed by atoms with Crippen LogP contribution in [0.1, 0.15) is 16.7 Å². The molecule has 0 spiro atoms. The van der Waals surface area contributed by atoms with Crippen LogP contribution >= 0.6 is 0 Å². The number of anilines is 1. The van der Waals surface area contributed by atoms with Crippen molar-refractivity contribution >= 4 is 11.6 Å². The van der Waals surface area contributed by atoms with Gasteiger partial charge in [-0.05, 0) is 37.1 Å². The molecule has 0 aliphatic heterocycles. The van der Waals surface area contributed by atoms with E-state index in [1.165, 1.54) is 0 Å². The number of carbonyl (C=O) groups is 1. The third-order valence-corrected chi connectivity index (χ3v) is 3.43. The van der Waals surface area contributed by atoms with Crippen LogP contribution in [0.4, 0.5) is 5.69 Å². The van der Waals surface area contributed by atoms with E-state index in [0.29, 0.717) is 12.3 Å². The minimum absolute atomic E-state index is 0.0373. The predicted molar refractivity (Wildman–Crippen MR) is 84.4 cm³/mol. The van der Waals surface area contributed by atoms with E-state index in [2.05, 4.69) is 5.32 Å². The largest absolute Gasteiger partial charge is 0.483 e. The minimum atomic E-state index is -0.185. The monoisotopic (exact) mass is 284 g/mol. The topological polar surface area (TPSA) is 64.3 Å². The zero-order chi connectivity index (χ0) is 15.2. The third kappa shape index (κ3) is 3.83. The molecule has 110 valence electrons. The van der Waals surface area contributed by atoms with Crippen molar-refractivity contribution in [2.75, 3.05) is 11.9 Å². The van der Waals surface area contributed by atoms with Crippen molar-refractivity contribution in [2.24, 2.45) is 5.73 Å². The van der Waals surface area contributed by atoms with E-state index < -0.39 is 0 Å². The summed E-state index contributed by atoms with van der Waals surface area (Å²) < 4.78 is 5.54. The van der Waals surface area contributed by atoms with Gasteiger partial charge in [-0.1, -0.05) is 30.3 Å². The quantitative estimate of drug-likeness (QED) is 0.887. The molecule has 4 heteroatoms. The maximum atomic E-state index is 12.0. The second-order valence-electron chi connectivity index (χ2n) is 4.90. The van der Waals surface area contributed by atoms with Crippen molar-refractivity contribution in [3.63, 3.8) is 0 Å². The Morgan fingerprint density at radius 3 is 2.67 bits per heavy atom. The first-order valence-corrected chi connectivity index (χ1v) is 6.88. The van der Waals surface area contributed by atoms with E-state index >= 15 is 0 Å². The van der Waals surface area contributed by atoms with Crippen molar-refractivity contribution in [2.45, 2.75) is 20.4 Å². The Hall–Kier alpha value is -2.33. The molecule has 0 unspecified atom stereocenters. The summed E-state index contributed by atoms with van der Waals surface area (Å²) >= 11 is 0. The lowest BCUT2D eigenvalue weighted by atomic mass is 10.1. The summed E-state index contributed by atoms with van der Waals surface area (Å²) in [5.74, 6) is 0.464. The summed E-state index contributed by atoms with van der Waals surface area (Å²) in [4.78, 5) is 12.0. The average molecular weight is 284 g/mol. The summed E-state index contributed by atoms with van der Waals surface area (Å²) in [6, 6.07) is 13.3. The molecule has 0 bridgehead atoms. The van der Waals surface area contributed by atoms with Crippen LogP contribution in [0.15, 0.2) is 42.5 Å². The molecule has 0 aromatic heterocycles. The summed E-state index contributed by atoms with van der Waals surface area (Å²) in [6.07, 6.45) is 0. The van der Waals surface area contributed by atoms with Gasteiger partial charge in [0.15, 0.2) is 6.61 Å². The number of aryl methyl sites for hydroxylation is 1. The zero-order valence-electron chi connectivity index (χ0n) is 12.3. The second-order valence-corrected chi connectivity index (χ2v) is 4.90. The van der Waals surface area contributed by atoms with Crippen LogP contribution in [0, 0.1) is 13.8 Å². The van der Waals surface area contributed by atoms with Gasteiger partial charge in [0, 0.05) is 17.8 Å². The molecular weight excluding hydrogens is 264 g/mol. The summed E-state index contributed by atoms with van der Waals surface area (Å²) in [6.45, 7) is 4.34. The Bertz CT molecular complexity index is 638. The Balaban J connectivity index is 1.98. The van der Waals surface area contributed by atoms with Gasteiger partial charge in [-0.3, -0.25) is 4.79 Å². The zero-order valence-corrected chi connectivity index (χ0v) is 12.3. The normalized spacial score (nSPS) is 10.2. The Kier molecular flexibility index (Phi) is 4.95. The molecule has 0 aliphatic rings. The molecule has 2 aromatic carbocycles. The molecule has 2 aromatic rings. The van der Waals surface area contributed by atoms with E-state index in [1.807, 2.05) is 56.3 Å². The molecular formula is C17H20N2O2. The molecule has 0 saturated heterocycles. The van der Waals surface area contributed by atoms with E-state index in [0.717, 1.165) is 22.4 Å². The SMILES string of the molecule is Cc1cccc(NC(=O)COc2ccccc2CN)c1C. The summed E-state index contributed by atoms with van der Waals surface area (Å²) in [5.41, 5.74) is 9.54. The highest BCUT2D eigenvalue weighted by Crippen LogP contribution is 2.19. The molecule has 3 N–H and O–H groups in total. The Morgan fingerprint density at radius 2 is 1.90 bits per heavy atom. The molecule has 0 radical (unpaired) electrons. The standard InChI is InChI=1S/C17H20N2O2/c1-12-6-5-8-15(13(12)2)19-17(20)11-21-16-9-4-3-7-14(16)10-18/h3-9H,10-11,18H2,1-2H3,(H,19,20). The van der Waals surface area contributed by atoms with Gasteiger partial charge in [0.2, 0.25) is 0 Å². The van der Waals surface area contributed by atoms with E-state index in [9.17, 15) is 4.79 Å². The van der Waals surface area contributed by atoms with Gasteiger partial charge in [-0.25, -0.2) is 0 Å². The number of para-hydroxylation sites is 1. The van der Waals surface area contributed by atoms with Crippen LogP contribution in [-0.2, 0) is 11.3 Å². The number of amides is 1. The highest BCUT2D eigenvalue weighted by atomic mass is 16.5. The first-order valence-electron chi connectivity index (χ1n) is 6.88. The van der Waals surface area contributed by atoms with Crippen LogP contribution in [-0.4, -0.2) is 12.5 Å². The van der Waals surface area contributed by atoms with Gasteiger partial charge in [0.1, 0.15) is 5.75 Å². The summed E-state index contributed by atoms with van der Waals surface area (Å²) in [5, 5.41) is 2.86. The molecule has 0 saturated carbocycles. The van der Waals surface area contributed by atoms with Gasteiger partial charge in [-0.2, -0.15) is 0 Å². The Morgan fingerprint density at radius 1 is 1.14 bits per heavy atom. The lowest BCUT2D eigenvalue weighted by Gasteiger charge is -2.12. The van der Waals surface area contributed by atoms with E-state index in [-0.39, 0.29) is 12.5 Å². The minimum Gasteiger partial charge on any atom is -0.483 e. The van der Waals surface area contributed by atoms with Crippen LogP contribution in [0.5, 0.6) is 5.75 Å². The first-order chi connectivity index (χ1) is 10.1. The average Bonchev–Trinajstić information content (AvgIpc) is 2.50. The number of benzene rings is 2. The fraction of sp³-hybridized carbons (Fsp3) is 0.235. The highest BCUT2D eigenvalue weighted by molar-refractivity contribution is 5.92. The number of rotatable bonds is 5. The first kappa shape index (κ1) is 15.1. The van der Waals surface area contributed by atoms with Crippen molar-refractivity contribution < 1.29 is 9.53 Å². The number of ether oxygens (including phenoxy) is 1. The number of hydrogen-bond acceptors (Lipinski definition) is 3. The fourth-order valence-electron chi connectivity index (χ4n) is 2.03. The van der Waals surface area contributed by atoms with Gasteiger partial charge in [0.25, 0.3) is 5.91 Å². The van der Waals surface area contributed by atoms with Gasteiger partial charge < -0.3 is 15.8 Å². The van der Waals surface area contributed by atoms with Gasteiger partial charge in [-0.15, -0.1) is 0 Å². The van der Waals surface area contributed by atoms with Crippen LogP contribution in [0.2, 0.25) is 0 Å². The maximum Gasteiger partial charge on any atom is 0.262 e. The molecule has 0 heterocycles. The van der Waals surface area contributed by atoms with Crippen LogP contribution in [0.3, 0.4) is 0 Å². The second kappa shape index (κ2) is 6.90. The van der Waals surface area contributed by atoms with Gasteiger partial charge >= 0.3 is 0 Å². The maximum absolute atomic E-state index is 12.0. The Labute approximate surface area is 124 Å². The molecule has 4 nitrogen and oxygen atoms in total. The lowest BCUT2D eigenvalue weighted by molar-refractivity contribution is -0.118. The number of nitrogens with two attached hydrogens (primary N) is 1. The number of hydrogen-bond donors (Lipinski definition) is 2. The molecule has 2 rings (SSSR count). The predicted octanol–water partition coefficient (Wildman–Crippen LogP) is 2.78. The molecule has 0 fully saturated rings. The lowest BCUT2D eigenvalue weighted by Crippen LogP contribution is -2.21. The molecule has 0 aliphatic carbocycles. The smallest absolute Gasteiger partial charge is 0.262 e. The van der Waals surface area contributed by atoms with E-state index in [1.54, 1.807) is 0 Å². The summed E-state index contributed by atoms with van der Waals surface area (Å²) in [7, 11) is 0. The molecule has 1 amide bonds. The number of carbonyl (C=O) groups excluding carboxylic acids is 1. The molecule has 0 atom stereocenters. The van der Waals surface area contributed by atoms with Crippen LogP contribution < -0.4 is 15.8 Å². The van der Waals surface area contributed by atoms with Crippen molar-refractivity contribution in [3.8, 4) is 5.75 Å². The fourth-order valence-corrected chi connectivity index (χ4v) is 2.03. The number of nitrogens with one attached hydrogen (secondary N) is 1. The molecule has 21 heavy (non-hydrogen) atoms.